The van der Waals surface area contributed by atoms with Gasteiger partial charge in [0.05, 0.1) is 7.11 Å². The summed E-state index contributed by atoms with van der Waals surface area (Å²) >= 11 is 0. The van der Waals surface area contributed by atoms with Crippen LogP contribution in [0.3, 0.4) is 0 Å². The lowest BCUT2D eigenvalue weighted by atomic mass is 10.1. The van der Waals surface area contributed by atoms with Crippen LogP contribution in [0.4, 0.5) is 17.3 Å². The summed E-state index contributed by atoms with van der Waals surface area (Å²) in [4.78, 5) is 10.7. The first kappa shape index (κ1) is 11.8. The number of hydrogen-bond donors (Lipinski definition) is 1. The second kappa shape index (κ2) is 4.76. The van der Waals surface area contributed by atoms with Crippen molar-refractivity contribution in [1.82, 2.24) is 9.97 Å². The number of methoxy groups -OCH3 is 1. The van der Waals surface area contributed by atoms with Crippen LogP contribution in [-0.4, -0.2) is 30.7 Å². The lowest BCUT2D eigenvalue weighted by Gasteiger charge is -2.13. The van der Waals surface area contributed by atoms with Crippen molar-refractivity contribution in [2.45, 2.75) is 6.42 Å². The number of rotatable bonds is 3. The summed E-state index contributed by atoms with van der Waals surface area (Å²) in [6.07, 6.45) is 2.79. The maximum Gasteiger partial charge on any atom is 0.230 e. The fourth-order valence-corrected chi connectivity index (χ4v) is 2.26. The highest BCUT2D eigenvalue weighted by atomic mass is 16.5. The molecule has 0 aliphatic carbocycles. The first-order valence-electron chi connectivity index (χ1n) is 6.24. The summed E-state index contributed by atoms with van der Waals surface area (Å²) in [7, 11) is 3.70. The van der Waals surface area contributed by atoms with Crippen LogP contribution in [0.25, 0.3) is 0 Å². The fraction of sp³-hybridized carbons (Fsp3) is 0.286. The molecule has 1 aromatic carbocycles. The first-order chi connectivity index (χ1) is 9.26. The van der Waals surface area contributed by atoms with Crippen molar-refractivity contribution < 1.29 is 4.74 Å². The molecular formula is C14H16N4O. The maximum atomic E-state index is 5.08. The molecule has 0 atom stereocenters. The highest BCUT2D eigenvalue weighted by molar-refractivity contribution is 5.67. The molecule has 0 spiro atoms. The maximum absolute atomic E-state index is 5.08. The minimum absolute atomic E-state index is 0.542. The predicted octanol–water partition coefficient (Wildman–Crippen LogP) is 2.22. The highest BCUT2D eigenvalue weighted by Gasteiger charge is 2.15. The van der Waals surface area contributed by atoms with E-state index in [9.17, 15) is 0 Å². The molecule has 98 valence electrons. The molecule has 1 aliphatic rings. The first-order valence-corrected chi connectivity index (χ1v) is 6.24. The number of nitrogens with zero attached hydrogens (tertiary/aromatic N) is 3. The Labute approximate surface area is 112 Å². The molecule has 0 radical (unpaired) electrons. The van der Waals surface area contributed by atoms with Crippen LogP contribution in [0.15, 0.2) is 30.5 Å². The topological polar surface area (TPSA) is 50.3 Å². The van der Waals surface area contributed by atoms with Gasteiger partial charge in [0.15, 0.2) is 0 Å². The zero-order valence-corrected chi connectivity index (χ0v) is 11.1. The standard InChI is InChI=1S/C14H16N4O/c1-18-8-6-10-3-4-11(9-12(10)18)16-14-15-7-5-13(17-14)19-2/h3-5,7,9H,6,8H2,1-2H3,(H,15,16,17). The number of nitrogens with one attached hydrogen (secondary N) is 1. The van der Waals surface area contributed by atoms with Gasteiger partial charge in [0.1, 0.15) is 0 Å². The zero-order chi connectivity index (χ0) is 13.2. The Bertz CT molecular complexity index is 600. The summed E-state index contributed by atoms with van der Waals surface area (Å²) < 4.78 is 5.08. The van der Waals surface area contributed by atoms with Crippen LogP contribution in [-0.2, 0) is 6.42 Å². The van der Waals surface area contributed by atoms with Crippen molar-refractivity contribution in [3.63, 3.8) is 0 Å². The van der Waals surface area contributed by atoms with E-state index < -0.39 is 0 Å². The molecule has 0 amide bonds. The van der Waals surface area contributed by atoms with Crippen LogP contribution in [0, 0.1) is 0 Å². The Kier molecular flexibility index (Phi) is 2.95. The van der Waals surface area contributed by atoms with E-state index in [1.54, 1.807) is 19.4 Å². The average Bonchev–Trinajstić information content (AvgIpc) is 2.80. The largest absolute Gasteiger partial charge is 0.481 e. The van der Waals surface area contributed by atoms with Gasteiger partial charge in [-0.05, 0) is 24.1 Å². The van der Waals surface area contributed by atoms with Crippen molar-refractivity contribution >= 4 is 17.3 Å². The number of anilines is 3. The SMILES string of the molecule is COc1ccnc(Nc2ccc3c(c2)N(C)CC3)n1. The third-order valence-electron chi connectivity index (χ3n) is 3.31. The van der Waals surface area contributed by atoms with E-state index in [0.29, 0.717) is 11.8 Å². The second-order valence-corrected chi connectivity index (χ2v) is 4.56. The third kappa shape index (κ3) is 2.31. The molecule has 2 heterocycles. The van der Waals surface area contributed by atoms with E-state index in [4.69, 9.17) is 4.74 Å². The van der Waals surface area contributed by atoms with Crippen LogP contribution < -0.4 is 15.0 Å². The lowest BCUT2D eigenvalue weighted by Crippen LogP contribution is -2.12. The Hall–Kier alpha value is -2.30. The molecule has 0 bridgehead atoms. The molecule has 0 unspecified atom stereocenters. The van der Waals surface area contributed by atoms with Crippen molar-refractivity contribution in [2.24, 2.45) is 0 Å². The van der Waals surface area contributed by atoms with Gasteiger partial charge < -0.3 is 15.0 Å². The van der Waals surface area contributed by atoms with Crippen LogP contribution in [0.2, 0.25) is 0 Å². The molecule has 19 heavy (non-hydrogen) atoms. The van der Waals surface area contributed by atoms with Gasteiger partial charge in [-0.25, -0.2) is 4.98 Å². The van der Waals surface area contributed by atoms with Gasteiger partial charge in [-0.3, -0.25) is 0 Å². The minimum atomic E-state index is 0.542. The lowest BCUT2D eigenvalue weighted by molar-refractivity contribution is 0.397. The highest BCUT2D eigenvalue weighted by Crippen LogP contribution is 2.30. The van der Waals surface area contributed by atoms with Gasteiger partial charge in [0.25, 0.3) is 0 Å². The molecule has 5 nitrogen and oxygen atoms in total. The summed E-state index contributed by atoms with van der Waals surface area (Å²) in [5, 5.41) is 3.20. The third-order valence-corrected chi connectivity index (χ3v) is 3.31. The van der Waals surface area contributed by atoms with Gasteiger partial charge >= 0.3 is 0 Å². The molecule has 1 N–H and O–H groups in total. The van der Waals surface area contributed by atoms with Crippen molar-refractivity contribution in [3.8, 4) is 5.88 Å². The normalized spacial score (nSPS) is 13.3. The predicted molar refractivity (Wildman–Crippen MR) is 75.3 cm³/mol. The number of aromatic nitrogens is 2. The number of benzene rings is 1. The molecular weight excluding hydrogens is 240 g/mol. The summed E-state index contributed by atoms with van der Waals surface area (Å²) in [6.45, 7) is 1.08. The number of fused-ring (bicyclic) bond motifs is 1. The number of likely N-dealkylation sites (N-methyl/N-ethyl adjacent to an activating group) is 1. The van der Waals surface area contributed by atoms with E-state index in [1.807, 2.05) is 0 Å². The molecule has 1 aromatic heterocycles. The quantitative estimate of drug-likeness (QED) is 0.912. The molecule has 2 aromatic rings. The smallest absolute Gasteiger partial charge is 0.230 e. The van der Waals surface area contributed by atoms with Crippen LogP contribution >= 0.6 is 0 Å². The number of ether oxygens (including phenoxy) is 1. The fourth-order valence-electron chi connectivity index (χ4n) is 2.26. The number of hydrogen-bond acceptors (Lipinski definition) is 5. The van der Waals surface area contributed by atoms with E-state index in [2.05, 4.69) is 45.4 Å². The molecule has 0 saturated heterocycles. The van der Waals surface area contributed by atoms with Gasteiger partial charge in [-0.15, -0.1) is 0 Å². The minimum Gasteiger partial charge on any atom is -0.481 e. The summed E-state index contributed by atoms with van der Waals surface area (Å²) in [5.41, 5.74) is 3.65. The summed E-state index contributed by atoms with van der Waals surface area (Å²) in [6, 6.07) is 8.06. The Morgan fingerprint density at radius 3 is 3.05 bits per heavy atom. The van der Waals surface area contributed by atoms with E-state index in [0.717, 1.165) is 18.7 Å². The molecule has 5 heteroatoms. The van der Waals surface area contributed by atoms with Crippen molar-refractivity contribution in [3.05, 3.63) is 36.0 Å². The van der Waals surface area contributed by atoms with E-state index in [-0.39, 0.29) is 0 Å². The van der Waals surface area contributed by atoms with Crippen molar-refractivity contribution in [1.29, 1.82) is 0 Å². The molecule has 0 saturated carbocycles. The Morgan fingerprint density at radius 1 is 1.32 bits per heavy atom. The van der Waals surface area contributed by atoms with Gasteiger partial charge in [0.2, 0.25) is 11.8 Å². The Balaban J connectivity index is 1.85. The van der Waals surface area contributed by atoms with Gasteiger partial charge in [-0.1, -0.05) is 6.07 Å². The Morgan fingerprint density at radius 2 is 2.21 bits per heavy atom. The van der Waals surface area contributed by atoms with Crippen LogP contribution in [0.5, 0.6) is 5.88 Å². The van der Waals surface area contributed by atoms with Gasteiger partial charge in [-0.2, -0.15) is 4.98 Å². The second-order valence-electron chi connectivity index (χ2n) is 4.56. The average molecular weight is 256 g/mol. The van der Waals surface area contributed by atoms with E-state index >= 15 is 0 Å². The molecule has 0 fully saturated rings. The molecule has 1 aliphatic heterocycles. The summed E-state index contributed by atoms with van der Waals surface area (Å²) in [5.74, 6) is 1.09. The molecule has 3 rings (SSSR count). The van der Waals surface area contributed by atoms with Crippen LogP contribution in [0.1, 0.15) is 5.56 Å². The van der Waals surface area contributed by atoms with E-state index in [1.165, 1.54) is 11.3 Å². The zero-order valence-electron chi connectivity index (χ0n) is 11.1. The monoisotopic (exact) mass is 256 g/mol. The van der Waals surface area contributed by atoms with Crippen molar-refractivity contribution in [2.75, 3.05) is 30.9 Å². The van der Waals surface area contributed by atoms with Gasteiger partial charge in [0, 0.05) is 37.2 Å².